The van der Waals surface area contributed by atoms with Crippen LogP contribution in [-0.2, 0) is 0 Å². The molecule has 0 aliphatic rings. The van der Waals surface area contributed by atoms with Crippen LogP contribution in [0.4, 0.5) is 5.69 Å². The number of hydrogen-bond acceptors (Lipinski definition) is 5. The second-order valence-electron chi connectivity index (χ2n) is 4.81. The number of ether oxygens (including phenoxy) is 1. The van der Waals surface area contributed by atoms with Crippen molar-refractivity contribution in [2.24, 2.45) is 0 Å². The molecule has 5 N–H and O–H groups in total. The lowest BCUT2D eigenvalue weighted by Crippen LogP contribution is -2.29. The molecule has 0 spiro atoms. The molecule has 2 aromatic carbocycles. The summed E-state index contributed by atoms with van der Waals surface area (Å²) in [6.07, 6.45) is -1.78. The molecule has 2 aromatic rings. The van der Waals surface area contributed by atoms with Gasteiger partial charge in [-0.05, 0) is 49.0 Å². The van der Waals surface area contributed by atoms with Crippen LogP contribution in [0.5, 0.6) is 11.5 Å². The minimum atomic E-state index is -0.928. The number of likely N-dealkylation sites (N-methyl/N-ethyl adjacent to an activating group) is 1. The summed E-state index contributed by atoms with van der Waals surface area (Å²) in [5, 5.41) is 22.6. The highest BCUT2D eigenvalue weighted by Gasteiger charge is 2.17. The van der Waals surface area contributed by atoms with Gasteiger partial charge in [0.05, 0.1) is 6.10 Å². The normalized spacial score (nSPS) is 13.7. The average molecular weight is 288 g/mol. The number of aliphatic hydroxyl groups excluding tert-OH is 2. The van der Waals surface area contributed by atoms with Gasteiger partial charge in [-0.15, -0.1) is 0 Å². The first-order valence-electron chi connectivity index (χ1n) is 6.74. The molecular weight excluding hydrogens is 268 g/mol. The zero-order chi connectivity index (χ0) is 15.2. The number of hydrogen-bond donors (Lipinski definition) is 4. The zero-order valence-electron chi connectivity index (χ0n) is 11.9. The van der Waals surface area contributed by atoms with Gasteiger partial charge in [-0.3, -0.25) is 0 Å². The molecule has 0 heterocycles. The first-order chi connectivity index (χ1) is 10.1. The van der Waals surface area contributed by atoms with E-state index in [9.17, 15) is 10.2 Å². The van der Waals surface area contributed by atoms with Crippen LogP contribution in [-0.4, -0.2) is 29.9 Å². The molecule has 0 aromatic heterocycles. The summed E-state index contributed by atoms with van der Waals surface area (Å²) in [5.74, 6) is 1.34. The molecule has 0 saturated heterocycles. The molecule has 0 saturated carbocycles. The first kappa shape index (κ1) is 15.3. The third-order valence-corrected chi connectivity index (χ3v) is 3.12. The maximum absolute atomic E-state index is 9.99. The molecule has 5 nitrogen and oxygen atoms in total. The summed E-state index contributed by atoms with van der Waals surface area (Å²) in [7, 11) is 1.72. The summed E-state index contributed by atoms with van der Waals surface area (Å²) < 4.78 is 5.66. The summed E-state index contributed by atoms with van der Waals surface area (Å²) >= 11 is 0. The second-order valence-corrected chi connectivity index (χ2v) is 4.81. The minimum absolute atomic E-state index is 0.324. The summed E-state index contributed by atoms with van der Waals surface area (Å²) in [5.41, 5.74) is 6.94. The van der Waals surface area contributed by atoms with E-state index in [0.717, 1.165) is 0 Å². The predicted molar refractivity (Wildman–Crippen MR) is 82.3 cm³/mol. The van der Waals surface area contributed by atoms with Crippen molar-refractivity contribution in [3.63, 3.8) is 0 Å². The van der Waals surface area contributed by atoms with E-state index in [4.69, 9.17) is 10.5 Å². The van der Waals surface area contributed by atoms with Crippen LogP contribution in [0.2, 0.25) is 0 Å². The number of nitrogens with two attached hydrogens (primary N) is 1. The Morgan fingerprint density at radius 1 is 1.00 bits per heavy atom. The Kier molecular flexibility index (Phi) is 5.16. The minimum Gasteiger partial charge on any atom is -0.457 e. The average Bonchev–Trinajstić information content (AvgIpc) is 2.50. The van der Waals surface area contributed by atoms with E-state index in [1.165, 1.54) is 0 Å². The third kappa shape index (κ3) is 4.19. The smallest absolute Gasteiger partial charge is 0.127 e. The van der Waals surface area contributed by atoms with Crippen LogP contribution in [0.1, 0.15) is 11.7 Å². The topological polar surface area (TPSA) is 87.7 Å². The van der Waals surface area contributed by atoms with E-state index in [-0.39, 0.29) is 0 Å². The molecule has 5 heteroatoms. The van der Waals surface area contributed by atoms with E-state index in [0.29, 0.717) is 29.3 Å². The van der Waals surface area contributed by atoms with Crippen LogP contribution in [0.15, 0.2) is 48.5 Å². The van der Waals surface area contributed by atoms with Gasteiger partial charge in [0.15, 0.2) is 0 Å². The number of rotatable bonds is 6. The number of benzene rings is 2. The molecule has 0 amide bonds. The van der Waals surface area contributed by atoms with E-state index in [2.05, 4.69) is 5.32 Å². The predicted octanol–water partition coefficient (Wildman–Crippen LogP) is 1.67. The zero-order valence-corrected chi connectivity index (χ0v) is 11.9. The van der Waals surface area contributed by atoms with Gasteiger partial charge in [0.1, 0.15) is 17.6 Å². The Morgan fingerprint density at radius 3 is 2.05 bits per heavy atom. The second kappa shape index (κ2) is 7.08. The molecule has 0 aliphatic carbocycles. The lowest BCUT2D eigenvalue weighted by molar-refractivity contribution is 0.0202. The maximum Gasteiger partial charge on any atom is 0.127 e. The Balaban J connectivity index is 2.03. The van der Waals surface area contributed by atoms with Gasteiger partial charge in [0.25, 0.3) is 0 Å². The molecule has 21 heavy (non-hydrogen) atoms. The van der Waals surface area contributed by atoms with Gasteiger partial charge in [0.2, 0.25) is 0 Å². The van der Waals surface area contributed by atoms with Crippen LogP contribution in [0, 0.1) is 0 Å². The number of nitrogen functional groups attached to an aromatic ring is 1. The number of nitrogens with one attached hydrogen (secondary N) is 1. The van der Waals surface area contributed by atoms with Crippen LogP contribution in [0.25, 0.3) is 0 Å². The van der Waals surface area contributed by atoms with Crippen LogP contribution >= 0.6 is 0 Å². The van der Waals surface area contributed by atoms with Crippen molar-refractivity contribution in [1.82, 2.24) is 5.32 Å². The molecule has 112 valence electrons. The highest BCUT2D eigenvalue weighted by molar-refractivity contribution is 5.43. The highest BCUT2D eigenvalue weighted by Crippen LogP contribution is 2.25. The van der Waals surface area contributed by atoms with Gasteiger partial charge in [-0.2, -0.15) is 0 Å². The van der Waals surface area contributed by atoms with E-state index >= 15 is 0 Å². The lowest BCUT2D eigenvalue weighted by Gasteiger charge is -2.18. The number of anilines is 1. The molecular formula is C16H20N2O3. The molecule has 2 atom stereocenters. The Labute approximate surface area is 124 Å². The largest absolute Gasteiger partial charge is 0.457 e. The Hall–Kier alpha value is -2.08. The maximum atomic E-state index is 9.99. The summed E-state index contributed by atoms with van der Waals surface area (Å²) in [6, 6.07) is 14.1. The van der Waals surface area contributed by atoms with Crippen molar-refractivity contribution in [3.05, 3.63) is 54.1 Å². The molecule has 0 aliphatic heterocycles. The fourth-order valence-corrected chi connectivity index (χ4v) is 1.95. The summed E-state index contributed by atoms with van der Waals surface area (Å²) in [6.45, 7) is 0.324. The van der Waals surface area contributed by atoms with Crippen molar-refractivity contribution >= 4 is 5.69 Å². The van der Waals surface area contributed by atoms with Gasteiger partial charge in [-0.25, -0.2) is 0 Å². The lowest BCUT2D eigenvalue weighted by atomic mass is 10.0. The van der Waals surface area contributed by atoms with Gasteiger partial charge in [-0.1, -0.05) is 12.1 Å². The Bertz CT molecular complexity index is 555. The van der Waals surface area contributed by atoms with Crippen molar-refractivity contribution in [2.75, 3.05) is 19.3 Å². The van der Waals surface area contributed by atoms with Crippen molar-refractivity contribution in [2.45, 2.75) is 12.2 Å². The van der Waals surface area contributed by atoms with E-state index in [1.54, 1.807) is 55.6 Å². The molecule has 0 bridgehead atoms. The molecule has 0 fully saturated rings. The van der Waals surface area contributed by atoms with Gasteiger partial charge >= 0.3 is 0 Å². The van der Waals surface area contributed by atoms with Crippen molar-refractivity contribution in [1.29, 1.82) is 0 Å². The monoisotopic (exact) mass is 288 g/mol. The van der Waals surface area contributed by atoms with Crippen molar-refractivity contribution < 1.29 is 14.9 Å². The van der Waals surface area contributed by atoms with Crippen molar-refractivity contribution in [3.8, 4) is 11.5 Å². The standard InChI is InChI=1S/C16H20N2O3/c1-18-10-15(19)16(20)11-2-6-13(7-3-11)21-14-8-4-12(17)5-9-14/h2-9,15-16,18-20H,10,17H2,1H3. The quantitative estimate of drug-likeness (QED) is 0.607. The molecule has 2 rings (SSSR count). The van der Waals surface area contributed by atoms with E-state index < -0.39 is 12.2 Å². The first-order valence-corrected chi connectivity index (χ1v) is 6.74. The SMILES string of the molecule is CNCC(O)C(O)c1ccc(Oc2ccc(N)cc2)cc1. The van der Waals surface area contributed by atoms with E-state index in [1.807, 2.05) is 0 Å². The van der Waals surface area contributed by atoms with Gasteiger partial charge in [0, 0.05) is 12.2 Å². The van der Waals surface area contributed by atoms with Gasteiger partial charge < -0.3 is 26.0 Å². The fraction of sp³-hybridized carbons (Fsp3) is 0.250. The van der Waals surface area contributed by atoms with Crippen LogP contribution < -0.4 is 15.8 Å². The molecule has 2 unspecified atom stereocenters. The van der Waals surface area contributed by atoms with Crippen LogP contribution in [0.3, 0.4) is 0 Å². The Morgan fingerprint density at radius 2 is 1.52 bits per heavy atom. The number of aliphatic hydroxyl groups is 2. The highest BCUT2D eigenvalue weighted by atomic mass is 16.5. The third-order valence-electron chi connectivity index (χ3n) is 3.12. The molecule has 0 radical (unpaired) electrons. The summed E-state index contributed by atoms with van der Waals surface area (Å²) in [4.78, 5) is 0. The fourth-order valence-electron chi connectivity index (χ4n) is 1.95.